The number of hydrogen-bond acceptors (Lipinski definition) is 3. The topological polar surface area (TPSA) is 95.5 Å². The number of benzene rings is 2. The summed E-state index contributed by atoms with van der Waals surface area (Å²) in [7, 11) is 0. The molecule has 0 bridgehead atoms. The summed E-state index contributed by atoms with van der Waals surface area (Å²) in [5.41, 5.74) is 5.02. The van der Waals surface area contributed by atoms with Gasteiger partial charge in [-0.1, -0.05) is 36.4 Å². The van der Waals surface area contributed by atoms with Gasteiger partial charge in [0, 0.05) is 24.6 Å². The number of amides is 1. The molecule has 7 nitrogen and oxygen atoms in total. The molecule has 0 saturated heterocycles. The first-order chi connectivity index (χ1) is 19.1. The maximum atomic E-state index is 12.7. The minimum absolute atomic E-state index is 0.143. The largest absolute Gasteiger partial charge is 0.573 e. The number of imidazole rings is 1. The SMILES string of the molecule is O=C(O)CC1CCC(c2ccc(-c3ccc4[nH]c(C(=O)NCc5ccc(OC(F)(F)F)cc5)c[n+]4c3)cc2)CC1. The number of carbonyl (C=O) groups excluding carboxylic acids is 1. The van der Waals surface area contributed by atoms with Crippen LogP contribution in [0.15, 0.2) is 73.1 Å². The Morgan fingerprint density at radius 3 is 2.25 bits per heavy atom. The van der Waals surface area contributed by atoms with E-state index in [4.69, 9.17) is 5.11 Å². The molecule has 0 aliphatic heterocycles. The Morgan fingerprint density at radius 2 is 1.60 bits per heavy atom. The van der Waals surface area contributed by atoms with Crippen LogP contribution in [0.2, 0.25) is 0 Å². The van der Waals surface area contributed by atoms with E-state index in [0.29, 0.717) is 17.2 Å². The fourth-order valence-electron chi connectivity index (χ4n) is 5.31. The van der Waals surface area contributed by atoms with Crippen molar-refractivity contribution in [3.05, 3.63) is 89.9 Å². The highest BCUT2D eigenvalue weighted by Gasteiger charge is 2.31. The van der Waals surface area contributed by atoms with Crippen LogP contribution < -0.4 is 14.5 Å². The van der Waals surface area contributed by atoms with Crippen molar-refractivity contribution in [2.45, 2.75) is 50.9 Å². The van der Waals surface area contributed by atoms with Crippen molar-refractivity contribution in [3.63, 3.8) is 0 Å². The number of alkyl halides is 3. The fourth-order valence-corrected chi connectivity index (χ4v) is 5.31. The Kier molecular flexibility index (Phi) is 7.77. The molecule has 0 radical (unpaired) electrons. The number of aliphatic carboxylic acids is 1. The van der Waals surface area contributed by atoms with E-state index in [2.05, 4.69) is 39.3 Å². The molecule has 5 rings (SSSR count). The number of carbonyl (C=O) groups is 2. The van der Waals surface area contributed by atoms with E-state index in [9.17, 15) is 22.8 Å². The molecule has 2 aromatic carbocycles. The summed E-state index contributed by atoms with van der Waals surface area (Å²) in [6.07, 6.45) is 3.03. The van der Waals surface area contributed by atoms with E-state index in [1.165, 1.54) is 29.8 Å². The van der Waals surface area contributed by atoms with Crippen LogP contribution in [-0.4, -0.2) is 28.3 Å². The second kappa shape index (κ2) is 11.4. The third-order valence-electron chi connectivity index (χ3n) is 7.39. The lowest BCUT2D eigenvalue weighted by molar-refractivity contribution is -0.509. The number of carboxylic acids is 1. The second-order valence-corrected chi connectivity index (χ2v) is 10.2. The number of halogens is 3. The average Bonchev–Trinajstić information content (AvgIpc) is 3.36. The quantitative estimate of drug-likeness (QED) is 0.234. The van der Waals surface area contributed by atoms with E-state index in [1.54, 1.807) is 6.20 Å². The maximum absolute atomic E-state index is 12.7. The number of H-pyrrole nitrogens is 1. The Hall–Kier alpha value is -4.34. The molecule has 1 saturated carbocycles. The average molecular weight is 553 g/mol. The lowest BCUT2D eigenvalue weighted by Gasteiger charge is -2.28. The van der Waals surface area contributed by atoms with Crippen LogP contribution in [-0.2, 0) is 11.3 Å². The monoisotopic (exact) mass is 552 g/mol. The Balaban J connectivity index is 1.20. The van der Waals surface area contributed by atoms with Gasteiger partial charge in [0.2, 0.25) is 5.69 Å². The summed E-state index contributed by atoms with van der Waals surface area (Å²) in [5, 5.41) is 11.8. The Bertz CT molecular complexity index is 1490. The molecule has 2 heterocycles. The van der Waals surface area contributed by atoms with Gasteiger partial charge in [0.15, 0.2) is 0 Å². The number of aromatic amines is 1. The van der Waals surface area contributed by atoms with Crippen LogP contribution in [0.5, 0.6) is 5.75 Å². The standard InChI is InChI=1S/C30H28F3N3O4/c31-30(32,33)40-25-12-3-20(4-13-25)16-34-29(39)26-18-36-17-24(11-14-27(36)35-26)23-9-7-22(8-10-23)21-5-1-19(2-6-21)15-28(37)38/h3-4,7-14,17-19,21H,1-2,5-6,15-16H2,(H2,34,37,38,39)/p+1. The van der Waals surface area contributed by atoms with Crippen molar-refractivity contribution in [2.24, 2.45) is 5.92 Å². The van der Waals surface area contributed by atoms with Crippen LogP contribution in [0.25, 0.3) is 16.8 Å². The Labute approximate surface area is 228 Å². The summed E-state index contributed by atoms with van der Waals surface area (Å²) in [4.78, 5) is 26.8. The zero-order chi connectivity index (χ0) is 28.3. The molecular weight excluding hydrogens is 523 g/mol. The first-order valence-electron chi connectivity index (χ1n) is 13.1. The fraction of sp³-hybridized carbons (Fsp3) is 0.300. The summed E-state index contributed by atoms with van der Waals surface area (Å²) < 4.78 is 42.7. The highest BCUT2D eigenvalue weighted by molar-refractivity contribution is 5.92. The minimum Gasteiger partial charge on any atom is -0.481 e. The smallest absolute Gasteiger partial charge is 0.481 e. The molecule has 208 valence electrons. The molecule has 40 heavy (non-hydrogen) atoms. The number of nitrogens with zero attached hydrogens (tertiary/aromatic N) is 1. The Morgan fingerprint density at radius 1 is 0.925 bits per heavy atom. The van der Waals surface area contributed by atoms with Crippen molar-refractivity contribution < 1.29 is 37.0 Å². The van der Waals surface area contributed by atoms with Gasteiger partial charge >= 0.3 is 12.3 Å². The second-order valence-electron chi connectivity index (χ2n) is 10.2. The summed E-state index contributed by atoms with van der Waals surface area (Å²) >= 11 is 0. The van der Waals surface area contributed by atoms with Gasteiger partial charge in [-0.25, -0.2) is 9.38 Å². The zero-order valence-electron chi connectivity index (χ0n) is 21.6. The minimum atomic E-state index is -4.75. The van der Waals surface area contributed by atoms with E-state index in [-0.39, 0.29) is 30.5 Å². The molecule has 0 spiro atoms. The molecule has 0 unspecified atom stereocenters. The number of fused-ring (bicyclic) bond motifs is 1. The predicted molar refractivity (Wildman–Crippen MR) is 141 cm³/mol. The van der Waals surface area contributed by atoms with E-state index >= 15 is 0 Å². The normalized spacial score (nSPS) is 17.5. The van der Waals surface area contributed by atoms with E-state index < -0.39 is 12.3 Å². The van der Waals surface area contributed by atoms with Crippen LogP contribution in [0, 0.1) is 5.92 Å². The van der Waals surface area contributed by atoms with Crippen molar-refractivity contribution >= 4 is 17.5 Å². The summed E-state index contributed by atoms with van der Waals surface area (Å²) in [6, 6.07) is 17.7. The number of carboxylic acid groups (broad SMARTS) is 1. The van der Waals surface area contributed by atoms with E-state index in [1.807, 2.05) is 22.7 Å². The van der Waals surface area contributed by atoms with E-state index in [0.717, 1.165) is 42.5 Å². The van der Waals surface area contributed by atoms with Crippen LogP contribution in [0.1, 0.15) is 59.6 Å². The molecular formula is C30H29F3N3O4+. The van der Waals surface area contributed by atoms with Crippen molar-refractivity contribution in [1.82, 2.24) is 10.3 Å². The highest BCUT2D eigenvalue weighted by Crippen LogP contribution is 2.37. The van der Waals surface area contributed by atoms with Gasteiger partial charge in [-0.2, -0.15) is 0 Å². The molecule has 1 aliphatic carbocycles. The lowest BCUT2D eigenvalue weighted by Crippen LogP contribution is -2.24. The number of rotatable bonds is 8. The third-order valence-corrected chi connectivity index (χ3v) is 7.39. The zero-order valence-corrected chi connectivity index (χ0v) is 21.6. The summed E-state index contributed by atoms with van der Waals surface area (Å²) in [5.74, 6) is -0.653. The van der Waals surface area contributed by atoms with Crippen molar-refractivity contribution in [3.8, 4) is 16.9 Å². The maximum Gasteiger partial charge on any atom is 0.573 e. The van der Waals surface area contributed by atoms with Crippen molar-refractivity contribution in [1.29, 1.82) is 0 Å². The van der Waals surface area contributed by atoms with Gasteiger partial charge in [-0.3, -0.25) is 9.59 Å². The molecule has 1 amide bonds. The molecule has 0 atom stereocenters. The lowest BCUT2D eigenvalue weighted by atomic mass is 9.77. The predicted octanol–water partition coefficient (Wildman–Crippen LogP) is 6.00. The third kappa shape index (κ3) is 6.80. The first kappa shape index (κ1) is 27.2. The van der Waals surface area contributed by atoms with Gasteiger partial charge in [-0.05, 0) is 72.4 Å². The number of nitrogens with one attached hydrogen (secondary N) is 2. The molecule has 1 fully saturated rings. The van der Waals surface area contributed by atoms with Gasteiger partial charge < -0.3 is 15.2 Å². The molecule has 1 aliphatic rings. The van der Waals surface area contributed by atoms with Crippen LogP contribution in [0.4, 0.5) is 13.2 Å². The molecule has 2 aromatic heterocycles. The van der Waals surface area contributed by atoms with Crippen LogP contribution >= 0.6 is 0 Å². The number of pyridine rings is 1. The molecule has 4 aromatic rings. The number of hydrogen-bond donors (Lipinski definition) is 3. The number of aromatic nitrogens is 2. The van der Waals surface area contributed by atoms with Gasteiger partial charge in [0.25, 0.3) is 11.6 Å². The van der Waals surface area contributed by atoms with Crippen LogP contribution in [0.3, 0.4) is 0 Å². The molecule has 10 heteroatoms. The highest BCUT2D eigenvalue weighted by atomic mass is 19.4. The van der Waals surface area contributed by atoms with Gasteiger partial charge in [0.1, 0.15) is 18.1 Å². The first-order valence-corrected chi connectivity index (χ1v) is 13.1. The number of ether oxygens (including phenoxy) is 1. The summed E-state index contributed by atoms with van der Waals surface area (Å²) in [6.45, 7) is 0.143. The molecule has 3 N–H and O–H groups in total. The van der Waals surface area contributed by atoms with Gasteiger partial charge in [0.05, 0.1) is 0 Å². The van der Waals surface area contributed by atoms with Crippen molar-refractivity contribution in [2.75, 3.05) is 0 Å². The van der Waals surface area contributed by atoms with Gasteiger partial charge in [-0.15, -0.1) is 13.2 Å².